The monoisotopic (exact) mass is 362 g/mol. The number of aryl methyl sites for hydroxylation is 1. The van der Waals surface area contributed by atoms with E-state index >= 15 is 0 Å². The number of nitrogens with two attached hydrogens (primary N) is 1. The number of nitrogens with zero attached hydrogens (tertiary/aromatic N) is 2. The molecule has 4 N–H and O–H groups in total. The summed E-state index contributed by atoms with van der Waals surface area (Å²) in [5.74, 6) is 1.07. The molecule has 0 radical (unpaired) electrons. The third-order valence-corrected chi connectivity index (χ3v) is 4.36. The number of benzene rings is 2. The maximum atomic E-state index is 12.3. The lowest BCUT2D eigenvalue weighted by Gasteiger charge is -2.04. The van der Waals surface area contributed by atoms with Crippen molar-refractivity contribution < 1.29 is 14.3 Å². The molecule has 27 heavy (non-hydrogen) atoms. The Morgan fingerprint density at radius 2 is 2.07 bits per heavy atom. The summed E-state index contributed by atoms with van der Waals surface area (Å²) in [6.07, 6.45) is 0. The topological polar surface area (TPSA) is 106 Å². The van der Waals surface area contributed by atoms with Crippen molar-refractivity contribution in [2.45, 2.75) is 6.54 Å². The molecule has 0 aliphatic heterocycles. The van der Waals surface area contributed by atoms with Gasteiger partial charge in [-0.05, 0) is 48.0 Å². The molecular weight excluding hydrogens is 344 g/mol. The second-order valence-electron chi connectivity index (χ2n) is 6.26. The minimum Gasteiger partial charge on any atom is -0.508 e. The molecule has 2 aromatic heterocycles. The van der Waals surface area contributed by atoms with Crippen molar-refractivity contribution in [3.05, 3.63) is 65.9 Å². The van der Waals surface area contributed by atoms with Gasteiger partial charge < -0.3 is 20.6 Å². The Morgan fingerprint density at radius 1 is 1.22 bits per heavy atom. The molecule has 0 aliphatic carbocycles. The number of phenols is 1. The molecule has 2 aromatic carbocycles. The van der Waals surface area contributed by atoms with Gasteiger partial charge in [0.05, 0.1) is 5.52 Å². The van der Waals surface area contributed by atoms with E-state index < -0.39 is 0 Å². The number of aromatic nitrogens is 2. The second-order valence-corrected chi connectivity index (χ2v) is 6.26. The molecule has 7 heteroatoms. The lowest BCUT2D eigenvalue weighted by atomic mass is 10.1. The number of carbonyl (C=O) groups is 1. The number of hydrogen-bond donors (Lipinski definition) is 3. The summed E-state index contributed by atoms with van der Waals surface area (Å²) in [7, 11) is 1.83. The molecule has 0 spiro atoms. The SMILES string of the molecule is Cn1nc(N)c2cc(-c3ccc(C(=O)NCc4cccc(O)c4)o3)ccc21. The quantitative estimate of drug-likeness (QED) is 0.517. The minimum absolute atomic E-state index is 0.159. The first-order valence-corrected chi connectivity index (χ1v) is 8.40. The van der Waals surface area contributed by atoms with Crippen molar-refractivity contribution in [2.24, 2.45) is 7.05 Å². The van der Waals surface area contributed by atoms with Gasteiger partial charge in [0.2, 0.25) is 0 Å². The summed E-state index contributed by atoms with van der Waals surface area (Å²) in [6, 6.07) is 15.8. The standard InChI is InChI=1S/C20H18N4O3/c1-24-16-6-5-13(10-15(16)19(21)23-24)17-7-8-18(27-17)20(26)22-11-12-3-2-4-14(25)9-12/h2-10,25H,11H2,1H3,(H2,21,23)(H,22,26). The van der Waals surface area contributed by atoms with E-state index in [1.54, 1.807) is 35.0 Å². The molecule has 136 valence electrons. The maximum Gasteiger partial charge on any atom is 0.287 e. The zero-order valence-corrected chi connectivity index (χ0v) is 14.6. The van der Waals surface area contributed by atoms with Gasteiger partial charge in [-0.25, -0.2) is 0 Å². The number of fused-ring (bicyclic) bond motifs is 1. The molecule has 7 nitrogen and oxygen atoms in total. The van der Waals surface area contributed by atoms with Crippen LogP contribution in [-0.4, -0.2) is 20.8 Å². The predicted molar refractivity (Wildman–Crippen MR) is 102 cm³/mol. The zero-order chi connectivity index (χ0) is 19.0. The highest BCUT2D eigenvalue weighted by molar-refractivity contribution is 5.94. The van der Waals surface area contributed by atoms with Gasteiger partial charge in [0.15, 0.2) is 11.6 Å². The molecule has 0 fully saturated rings. The Kier molecular flexibility index (Phi) is 4.04. The fourth-order valence-corrected chi connectivity index (χ4v) is 3.00. The van der Waals surface area contributed by atoms with E-state index in [-0.39, 0.29) is 17.4 Å². The van der Waals surface area contributed by atoms with Gasteiger partial charge in [-0.2, -0.15) is 5.10 Å². The van der Waals surface area contributed by atoms with E-state index in [0.717, 1.165) is 22.0 Å². The Balaban J connectivity index is 1.52. The number of phenolic OH excluding ortho intramolecular Hbond substituents is 1. The third kappa shape index (κ3) is 3.22. The van der Waals surface area contributed by atoms with Crippen LogP contribution in [0.1, 0.15) is 16.1 Å². The molecule has 0 atom stereocenters. The molecule has 4 aromatic rings. The molecular formula is C20H18N4O3. The van der Waals surface area contributed by atoms with E-state index in [1.165, 1.54) is 0 Å². The van der Waals surface area contributed by atoms with Gasteiger partial charge >= 0.3 is 0 Å². The summed E-state index contributed by atoms with van der Waals surface area (Å²) in [5, 5.41) is 17.3. The summed E-state index contributed by atoms with van der Waals surface area (Å²) in [6.45, 7) is 0.293. The fraction of sp³-hybridized carbons (Fsp3) is 0.100. The zero-order valence-electron chi connectivity index (χ0n) is 14.6. The number of anilines is 1. The summed E-state index contributed by atoms with van der Waals surface area (Å²) in [5.41, 5.74) is 8.47. The van der Waals surface area contributed by atoms with Crippen LogP contribution in [-0.2, 0) is 13.6 Å². The van der Waals surface area contributed by atoms with Gasteiger partial charge in [0.25, 0.3) is 5.91 Å². The first-order chi connectivity index (χ1) is 13.0. The van der Waals surface area contributed by atoms with E-state index in [4.69, 9.17) is 10.2 Å². The number of aromatic hydroxyl groups is 1. The Morgan fingerprint density at radius 3 is 2.89 bits per heavy atom. The molecule has 0 saturated carbocycles. The highest BCUT2D eigenvalue weighted by Crippen LogP contribution is 2.28. The van der Waals surface area contributed by atoms with Crippen molar-refractivity contribution in [1.29, 1.82) is 0 Å². The van der Waals surface area contributed by atoms with Gasteiger partial charge in [0, 0.05) is 24.5 Å². The van der Waals surface area contributed by atoms with Gasteiger partial charge in [-0.1, -0.05) is 12.1 Å². The number of carbonyl (C=O) groups excluding carboxylic acids is 1. The number of amides is 1. The van der Waals surface area contributed by atoms with Gasteiger partial charge in [-0.15, -0.1) is 0 Å². The molecule has 1 amide bonds. The van der Waals surface area contributed by atoms with Crippen LogP contribution in [0.25, 0.3) is 22.2 Å². The Labute approximate surface area is 155 Å². The van der Waals surface area contributed by atoms with Crippen molar-refractivity contribution in [3.63, 3.8) is 0 Å². The first kappa shape index (κ1) is 16.7. The van der Waals surface area contributed by atoms with Crippen molar-refractivity contribution >= 4 is 22.6 Å². The van der Waals surface area contributed by atoms with Crippen LogP contribution in [0, 0.1) is 0 Å². The lowest BCUT2D eigenvalue weighted by Crippen LogP contribution is -2.22. The molecule has 0 unspecified atom stereocenters. The highest BCUT2D eigenvalue weighted by Gasteiger charge is 2.14. The summed E-state index contributed by atoms with van der Waals surface area (Å²) < 4.78 is 7.43. The number of nitrogens with one attached hydrogen (secondary N) is 1. The molecule has 0 saturated heterocycles. The molecule has 0 aliphatic rings. The van der Waals surface area contributed by atoms with Crippen LogP contribution < -0.4 is 11.1 Å². The van der Waals surface area contributed by atoms with Crippen LogP contribution >= 0.6 is 0 Å². The van der Waals surface area contributed by atoms with E-state index in [0.29, 0.717) is 18.1 Å². The van der Waals surface area contributed by atoms with Crippen LogP contribution in [0.5, 0.6) is 5.75 Å². The number of rotatable bonds is 4. The van der Waals surface area contributed by atoms with Crippen molar-refractivity contribution in [3.8, 4) is 17.1 Å². The molecule has 0 bridgehead atoms. The summed E-state index contributed by atoms with van der Waals surface area (Å²) >= 11 is 0. The van der Waals surface area contributed by atoms with Crippen molar-refractivity contribution in [1.82, 2.24) is 15.1 Å². The second kappa shape index (κ2) is 6.53. The maximum absolute atomic E-state index is 12.3. The van der Waals surface area contributed by atoms with Crippen LogP contribution in [0.2, 0.25) is 0 Å². The van der Waals surface area contributed by atoms with E-state index in [1.807, 2.05) is 31.3 Å². The van der Waals surface area contributed by atoms with Crippen LogP contribution in [0.4, 0.5) is 5.82 Å². The highest BCUT2D eigenvalue weighted by atomic mass is 16.3. The smallest absolute Gasteiger partial charge is 0.287 e. The number of nitrogen functional groups attached to an aromatic ring is 1. The van der Waals surface area contributed by atoms with Gasteiger partial charge in [0.1, 0.15) is 11.5 Å². The molecule has 2 heterocycles. The first-order valence-electron chi connectivity index (χ1n) is 8.40. The average Bonchev–Trinajstić information content (AvgIpc) is 3.25. The van der Waals surface area contributed by atoms with Crippen molar-refractivity contribution in [2.75, 3.05) is 5.73 Å². The normalized spacial score (nSPS) is 11.0. The van der Waals surface area contributed by atoms with E-state index in [2.05, 4.69) is 10.4 Å². The Hall–Kier alpha value is -3.74. The van der Waals surface area contributed by atoms with Gasteiger partial charge in [-0.3, -0.25) is 9.48 Å². The summed E-state index contributed by atoms with van der Waals surface area (Å²) in [4.78, 5) is 12.3. The van der Waals surface area contributed by atoms with Crippen LogP contribution in [0.15, 0.2) is 59.0 Å². The minimum atomic E-state index is -0.327. The lowest BCUT2D eigenvalue weighted by molar-refractivity contribution is 0.0924. The third-order valence-electron chi connectivity index (χ3n) is 4.36. The number of furan rings is 1. The largest absolute Gasteiger partial charge is 0.508 e. The Bertz CT molecular complexity index is 1140. The molecule has 4 rings (SSSR count). The van der Waals surface area contributed by atoms with Crippen LogP contribution in [0.3, 0.4) is 0 Å². The van der Waals surface area contributed by atoms with E-state index in [9.17, 15) is 9.90 Å². The fourth-order valence-electron chi connectivity index (χ4n) is 3.00. The predicted octanol–water partition coefficient (Wildman–Crippen LogP) is 3.05. The number of hydrogen-bond acceptors (Lipinski definition) is 5. The average molecular weight is 362 g/mol.